The molecule has 0 aromatic carbocycles. The third-order valence-corrected chi connectivity index (χ3v) is 5.99. The molecular formula is C14H25NO3S. The highest BCUT2D eigenvalue weighted by Crippen LogP contribution is 2.23. The molecule has 0 aromatic heterocycles. The Labute approximate surface area is 116 Å². The van der Waals surface area contributed by atoms with Gasteiger partial charge in [-0.05, 0) is 43.9 Å². The lowest BCUT2D eigenvalue weighted by atomic mass is 10.00. The second-order valence-corrected chi connectivity index (χ2v) is 8.72. The largest absolute Gasteiger partial charge is 0.370 e. The van der Waals surface area contributed by atoms with E-state index < -0.39 is 20.8 Å². The van der Waals surface area contributed by atoms with E-state index >= 15 is 0 Å². The molecule has 110 valence electrons. The summed E-state index contributed by atoms with van der Waals surface area (Å²) in [6.45, 7) is 8.10. The fourth-order valence-electron chi connectivity index (χ4n) is 1.77. The maximum Gasteiger partial charge on any atom is 0.152 e. The van der Waals surface area contributed by atoms with Gasteiger partial charge in [0.2, 0.25) is 0 Å². The quantitative estimate of drug-likeness (QED) is 0.839. The van der Waals surface area contributed by atoms with Gasteiger partial charge in [-0.1, -0.05) is 13.8 Å². The van der Waals surface area contributed by atoms with Crippen LogP contribution < -0.4 is 0 Å². The van der Waals surface area contributed by atoms with Crippen LogP contribution in [0, 0.1) is 5.92 Å². The number of allylic oxidation sites excluding steroid dienone is 2. The van der Waals surface area contributed by atoms with E-state index in [0.29, 0.717) is 18.9 Å². The molecular weight excluding hydrogens is 262 g/mol. The first-order valence-corrected chi connectivity index (χ1v) is 8.47. The first-order valence-electron chi connectivity index (χ1n) is 6.58. The van der Waals surface area contributed by atoms with Crippen LogP contribution in [0.4, 0.5) is 0 Å². The number of hydrogen-bond acceptors (Lipinski definition) is 4. The monoisotopic (exact) mass is 287 g/mol. The van der Waals surface area contributed by atoms with Crippen LogP contribution in [0.3, 0.4) is 0 Å². The van der Waals surface area contributed by atoms with Crippen LogP contribution >= 0.6 is 0 Å². The minimum absolute atomic E-state index is 0.375. The average Bonchev–Trinajstić information content (AvgIpc) is 2.25. The number of hydrogen-bond donors (Lipinski definition) is 1. The summed E-state index contributed by atoms with van der Waals surface area (Å²) >= 11 is 0. The standard InChI is InChI=1S/C14H25NO3S/c1-11(2)12-6-8-15(13(16)10-12)9-7-14(3,4)19(5,17)18/h6,8,10-11,13,16H,7,9H2,1-5H3. The van der Waals surface area contributed by atoms with E-state index in [0.717, 1.165) is 5.57 Å². The van der Waals surface area contributed by atoms with E-state index in [9.17, 15) is 13.5 Å². The molecule has 0 fully saturated rings. The van der Waals surface area contributed by atoms with E-state index in [1.807, 2.05) is 18.4 Å². The van der Waals surface area contributed by atoms with E-state index in [-0.39, 0.29) is 0 Å². The predicted octanol–water partition coefficient (Wildman–Crippen LogP) is 1.93. The molecule has 0 saturated carbocycles. The predicted molar refractivity (Wildman–Crippen MR) is 78.3 cm³/mol. The molecule has 0 radical (unpaired) electrons. The second-order valence-electron chi connectivity index (χ2n) is 6.07. The van der Waals surface area contributed by atoms with Gasteiger partial charge in [0.15, 0.2) is 9.84 Å². The fraction of sp³-hybridized carbons (Fsp3) is 0.714. The second kappa shape index (κ2) is 5.67. The van der Waals surface area contributed by atoms with Crippen LogP contribution in [0.1, 0.15) is 34.1 Å². The lowest BCUT2D eigenvalue weighted by molar-refractivity contribution is 0.0735. The number of aliphatic hydroxyl groups is 1. The van der Waals surface area contributed by atoms with Crippen molar-refractivity contribution in [1.29, 1.82) is 0 Å². The van der Waals surface area contributed by atoms with Crippen LogP contribution in [-0.4, -0.2) is 42.2 Å². The van der Waals surface area contributed by atoms with Crippen LogP contribution in [0.2, 0.25) is 0 Å². The highest BCUT2D eigenvalue weighted by Gasteiger charge is 2.31. The molecule has 0 amide bonds. The van der Waals surface area contributed by atoms with E-state index in [4.69, 9.17) is 0 Å². The lowest BCUT2D eigenvalue weighted by Gasteiger charge is -2.32. The van der Waals surface area contributed by atoms with Crippen molar-refractivity contribution >= 4 is 9.84 Å². The molecule has 0 saturated heterocycles. The minimum atomic E-state index is -3.09. The topological polar surface area (TPSA) is 57.6 Å². The normalized spacial score (nSPS) is 20.9. The van der Waals surface area contributed by atoms with Gasteiger partial charge < -0.3 is 10.0 Å². The summed E-state index contributed by atoms with van der Waals surface area (Å²) in [5.41, 5.74) is 1.10. The zero-order valence-corrected chi connectivity index (χ0v) is 13.2. The van der Waals surface area contributed by atoms with Crippen LogP contribution in [0.25, 0.3) is 0 Å². The van der Waals surface area contributed by atoms with E-state index in [1.165, 1.54) is 6.26 Å². The summed E-state index contributed by atoms with van der Waals surface area (Å²) in [5, 5.41) is 10.0. The number of aliphatic hydroxyl groups excluding tert-OH is 1. The smallest absolute Gasteiger partial charge is 0.152 e. The Morgan fingerprint density at radius 3 is 2.42 bits per heavy atom. The van der Waals surface area contributed by atoms with Gasteiger partial charge in [0.1, 0.15) is 6.23 Å². The Hall–Kier alpha value is -0.810. The molecule has 1 aliphatic rings. The minimum Gasteiger partial charge on any atom is -0.370 e. The van der Waals surface area contributed by atoms with Crippen molar-refractivity contribution in [2.75, 3.05) is 12.8 Å². The highest BCUT2D eigenvalue weighted by atomic mass is 32.2. The molecule has 4 nitrogen and oxygen atoms in total. The van der Waals surface area contributed by atoms with Crippen molar-refractivity contribution in [3.8, 4) is 0 Å². The molecule has 1 rings (SSSR count). The maximum absolute atomic E-state index is 11.6. The van der Waals surface area contributed by atoms with Crippen LogP contribution in [0.15, 0.2) is 23.9 Å². The van der Waals surface area contributed by atoms with Gasteiger partial charge in [-0.2, -0.15) is 0 Å². The molecule has 1 heterocycles. The molecule has 1 aliphatic heterocycles. The number of nitrogens with zero attached hydrogens (tertiary/aromatic N) is 1. The summed E-state index contributed by atoms with van der Waals surface area (Å²) < 4.78 is 22.5. The van der Waals surface area contributed by atoms with Crippen molar-refractivity contribution in [3.05, 3.63) is 23.9 Å². The highest BCUT2D eigenvalue weighted by molar-refractivity contribution is 7.92. The van der Waals surface area contributed by atoms with Crippen LogP contribution in [0.5, 0.6) is 0 Å². The fourth-order valence-corrected chi connectivity index (χ4v) is 2.23. The summed E-state index contributed by atoms with van der Waals surface area (Å²) in [5.74, 6) is 0.375. The number of rotatable bonds is 5. The van der Waals surface area contributed by atoms with Gasteiger partial charge in [0.05, 0.1) is 4.75 Å². The average molecular weight is 287 g/mol. The zero-order chi connectivity index (χ0) is 14.8. The molecule has 0 aliphatic carbocycles. The molecule has 1 N–H and O–H groups in total. The summed E-state index contributed by atoms with van der Waals surface area (Å²) in [4.78, 5) is 1.76. The van der Waals surface area contributed by atoms with Gasteiger partial charge in [0, 0.05) is 19.0 Å². The van der Waals surface area contributed by atoms with Crippen LogP contribution in [-0.2, 0) is 9.84 Å². The van der Waals surface area contributed by atoms with Crippen molar-refractivity contribution in [3.63, 3.8) is 0 Å². The maximum atomic E-state index is 11.6. The Bertz CT molecular complexity index is 475. The van der Waals surface area contributed by atoms with E-state index in [2.05, 4.69) is 13.8 Å². The molecule has 5 heteroatoms. The Kier molecular flexibility index (Phi) is 4.85. The first kappa shape index (κ1) is 16.2. The Balaban J connectivity index is 2.66. The van der Waals surface area contributed by atoms with Gasteiger partial charge in [-0.3, -0.25) is 0 Å². The molecule has 0 bridgehead atoms. The third-order valence-electron chi connectivity index (χ3n) is 3.78. The zero-order valence-electron chi connectivity index (χ0n) is 12.4. The SMILES string of the molecule is CC(C)C1=CC(O)N(CCC(C)(C)S(C)(=O)=O)C=C1. The van der Waals surface area contributed by atoms with Crippen molar-refractivity contribution < 1.29 is 13.5 Å². The van der Waals surface area contributed by atoms with Crippen molar-refractivity contribution in [2.45, 2.75) is 45.1 Å². The summed E-state index contributed by atoms with van der Waals surface area (Å²) in [7, 11) is -3.09. The molecule has 19 heavy (non-hydrogen) atoms. The summed E-state index contributed by atoms with van der Waals surface area (Å²) in [6.07, 6.45) is 6.71. The molecule has 0 aromatic rings. The lowest BCUT2D eigenvalue weighted by Crippen LogP contribution is -2.38. The van der Waals surface area contributed by atoms with Gasteiger partial charge in [-0.15, -0.1) is 0 Å². The molecule has 0 spiro atoms. The third kappa shape index (κ3) is 4.08. The van der Waals surface area contributed by atoms with Crippen molar-refractivity contribution in [1.82, 2.24) is 4.90 Å². The Morgan fingerprint density at radius 2 is 2.00 bits per heavy atom. The van der Waals surface area contributed by atoms with Gasteiger partial charge >= 0.3 is 0 Å². The Morgan fingerprint density at radius 1 is 1.42 bits per heavy atom. The molecule has 1 unspecified atom stereocenters. The molecule has 1 atom stereocenters. The van der Waals surface area contributed by atoms with Gasteiger partial charge in [-0.25, -0.2) is 8.42 Å². The van der Waals surface area contributed by atoms with E-state index in [1.54, 1.807) is 18.7 Å². The first-order chi connectivity index (χ1) is 8.54. The summed E-state index contributed by atoms with van der Waals surface area (Å²) in [6, 6.07) is 0. The number of sulfone groups is 1. The van der Waals surface area contributed by atoms with Crippen molar-refractivity contribution in [2.24, 2.45) is 5.92 Å². The van der Waals surface area contributed by atoms with Gasteiger partial charge in [0.25, 0.3) is 0 Å².